The minimum Gasteiger partial charge on any atom is -0.481 e. The van der Waals surface area contributed by atoms with E-state index in [2.05, 4.69) is 5.32 Å². The van der Waals surface area contributed by atoms with Crippen LogP contribution in [0.25, 0.3) is 0 Å². The molecule has 2 saturated heterocycles. The van der Waals surface area contributed by atoms with Crippen LogP contribution >= 0.6 is 0 Å². The van der Waals surface area contributed by atoms with Crippen molar-refractivity contribution in [1.82, 2.24) is 0 Å². The first-order chi connectivity index (χ1) is 11.4. The molecule has 7 nitrogen and oxygen atoms in total. The van der Waals surface area contributed by atoms with Gasteiger partial charge in [-0.2, -0.15) is 0 Å². The second kappa shape index (κ2) is 4.91. The number of hydrogen-bond acceptors (Lipinski definition) is 4. The van der Waals surface area contributed by atoms with E-state index in [4.69, 9.17) is 4.74 Å². The van der Waals surface area contributed by atoms with Crippen LogP contribution in [0.5, 0.6) is 0 Å². The van der Waals surface area contributed by atoms with Gasteiger partial charge >= 0.3 is 5.97 Å². The van der Waals surface area contributed by atoms with Crippen molar-refractivity contribution in [2.24, 2.45) is 11.8 Å². The molecule has 124 valence electrons. The summed E-state index contributed by atoms with van der Waals surface area (Å²) in [4.78, 5) is 37.0. The van der Waals surface area contributed by atoms with E-state index in [1.54, 1.807) is 35.2 Å². The Morgan fingerprint density at radius 1 is 1.33 bits per heavy atom. The summed E-state index contributed by atoms with van der Waals surface area (Å²) in [5.74, 6) is -2.95. The van der Waals surface area contributed by atoms with E-state index in [1.165, 1.54) is 6.92 Å². The van der Waals surface area contributed by atoms with Crippen molar-refractivity contribution in [2.75, 3.05) is 16.8 Å². The van der Waals surface area contributed by atoms with E-state index in [1.807, 2.05) is 6.08 Å². The molecule has 3 aliphatic heterocycles. The number of carboxylic acids is 1. The van der Waals surface area contributed by atoms with Gasteiger partial charge in [0.05, 0.1) is 18.6 Å². The first-order valence-corrected chi connectivity index (χ1v) is 7.70. The standard InChI is InChI=1S/C17H16N2O5/c1-9(20)18-10-2-4-11(5-3-10)19-8-17-7-6-12(24-17)13(16(22)23)14(17)15(19)21/h2-7,12-14H,8H2,1H3,(H,18,20)(H,22,23)/t12-,13-,14-,17+/m1/s1. The van der Waals surface area contributed by atoms with Crippen molar-refractivity contribution in [3.05, 3.63) is 36.4 Å². The molecule has 1 aromatic rings. The van der Waals surface area contributed by atoms with Gasteiger partial charge in [0.15, 0.2) is 0 Å². The summed E-state index contributed by atoms with van der Waals surface area (Å²) in [5, 5.41) is 12.1. The van der Waals surface area contributed by atoms with Gasteiger partial charge in [0.2, 0.25) is 11.8 Å². The summed E-state index contributed by atoms with van der Waals surface area (Å²) in [6.45, 7) is 1.72. The van der Waals surface area contributed by atoms with Gasteiger partial charge in [0.25, 0.3) is 0 Å². The Balaban J connectivity index is 1.63. The van der Waals surface area contributed by atoms with E-state index in [-0.39, 0.29) is 11.8 Å². The zero-order valence-corrected chi connectivity index (χ0v) is 12.9. The van der Waals surface area contributed by atoms with Crippen LogP contribution in [0.15, 0.2) is 36.4 Å². The number of benzene rings is 1. The molecule has 4 atom stereocenters. The molecule has 24 heavy (non-hydrogen) atoms. The summed E-state index contributed by atoms with van der Waals surface area (Å²) in [5.41, 5.74) is 0.445. The van der Waals surface area contributed by atoms with Gasteiger partial charge in [0, 0.05) is 18.3 Å². The van der Waals surface area contributed by atoms with E-state index < -0.39 is 29.5 Å². The molecule has 2 N–H and O–H groups in total. The number of anilines is 2. The maximum absolute atomic E-state index is 12.8. The highest BCUT2D eigenvalue weighted by atomic mass is 16.5. The molecule has 2 amide bonds. The Labute approximate surface area is 137 Å². The average Bonchev–Trinajstić information content (AvgIpc) is 3.16. The van der Waals surface area contributed by atoms with Crippen LogP contribution in [0.3, 0.4) is 0 Å². The fourth-order valence-corrected chi connectivity index (χ4v) is 3.93. The molecule has 2 bridgehead atoms. The van der Waals surface area contributed by atoms with Crippen molar-refractivity contribution < 1.29 is 24.2 Å². The molecule has 0 unspecified atom stereocenters. The van der Waals surface area contributed by atoms with Crippen molar-refractivity contribution >= 4 is 29.2 Å². The lowest BCUT2D eigenvalue weighted by atomic mass is 9.77. The van der Waals surface area contributed by atoms with Gasteiger partial charge in [0.1, 0.15) is 11.5 Å². The number of carboxylic acid groups (broad SMARTS) is 1. The molecule has 0 aliphatic carbocycles. The van der Waals surface area contributed by atoms with E-state index >= 15 is 0 Å². The van der Waals surface area contributed by atoms with Crippen LogP contribution in [0.4, 0.5) is 11.4 Å². The maximum atomic E-state index is 12.8. The van der Waals surface area contributed by atoms with Crippen LogP contribution in [-0.2, 0) is 19.1 Å². The molecule has 0 aromatic heterocycles. The number of amides is 2. The van der Waals surface area contributed by atoms with E-state index in [0.717, 1.165) is 0 Å². The normalized spacial score (nSPS) is 33.0. The van der Waals surface area contributed by atoms with E-state index in [9.17, 15) is 19.5 Å². The van der Waals surface area contributed by atoms with Gasteiger partial charge in [-0.25, -0.2) is 0 Å². The molecule has 3 aliphatic rings. The number of fused-ring (bicyclic) bond motifs is 1. The molecule has 1 spiro atoms. The molecular weight excluding hydrogens is 312 g/mol. The lowest BCUT2D eigenvalue weighted by Crippen LogP contribution is -2.39. The number of nitrogens with zero attached hydrogens (tertiary/aromatic N) is 1. The molecule has 1 aromatic carbocycles. The first kappa shape index (κ1) is 14.9. The fraction of sp³-hybridized carbons (Fsp3) is 0.353. The maximum Gasteiger partial charge on any atom is 0.310 e. The second-order valence-electron chi connectivity index (χ2n) is 6.39. The van der Waals surface area contributed by atoms with Crippen LogP contribution in [0.1, 0.15) is 6.92 Å². The Kier molecular flexibility index (Phi) is 3.05. The van der Waals surface area contributed by atoms with Crippen LogP contribution in [0.2, 0.25) is 0 Å². The quantitative estimate of drug-likeness (QED) is 0.808. The second-order valence-corrected chi connectivity index (χ2v) is 6.39. The third kappa shape index (κ3) is 1.98. The predicted molar refractivity (Wildman–Crippen MR) is 84.5 cm³/mol. The van der Waals surface area contributed by atoms with Gasteiger partial charge in [-0.05, 0) is 24.3 Å². The topological polar surface area (TPSA) is 95.9 Å². The zero-order valence-electron chi connectivity index (χ0n) is 12.9. The fourth-order valence-electron chi connectivity index (χ4n) is 3.93. The number of ether oxygens (including phenoxy) is 1. The van der Waals surface area contributed by atoms with Crippen molar-refractivity contribution in [3.8, 4) is 0 Å². The third-order valence-electron chi connectivity index (χ3n) is 4.88. The highest BCUT2D eigenvalue weighted by Crippen LogP contribution is 2.52. The van der Waals surface area contributed by atoms with Gasteiger partial charge in [-0.1, -0.05) is 12.2 Å². The predicted octanol–water partition coefficient (Wildman–Crippen LogP) is 1.02. The molecule has 2 fully saturated rings. The van der Waals surface area contributed by atoms with Crippen LogP contribution < -0.4 is 10.2 Å². The smallest absolute Gasteiger partial charge is 0.310 e. The number of nitrogens with one attached hydrogen (secondary N) is 1. The number of carbonyl (C=O) groups is 3. The third-order valence-corrected chi connectivity index (χ3v) is 4.88. The van der Waals surface area contributed by atoms with Crippen molar-refractivity contribution in [2.45, 2.75) is 18.6 Å². The Morgan fingerprint density at radius 3 is 2.67 bits per heavy atom. The number of rotatable bonds is 3. The summed E-state index contributed by atoms with van der Waals surface area (Å²) in [6, 6.07) is 6.87. The minimum absolute atomic E-state index is 0.173. The SMILES string of the molecule is CC(=O)Nc1ccc(N2C[C@]34C=C[C@@H](O3)[C@@H](C(=O)O)[C@@H]4C2=O)cc1. The Morgan fingerprint density at radius 2 is 2.04 bits per heavy atom. The van der Waals surface area contributed by atoms with E-state index in [0.29, 0.717) is 17.9 Å². The highest BCUT2D eigenvalue weighted by Gasteiger charge is 2.67. The average molecular weight is 328 g/mol. The van der Waals surface area contributed by atoms with Crippen LogP contribution in [0, 0.1) is 11.8 Å². The lowest BCUT2D eigenvalue weighted by molar-refractivity contribution is -0.146. The molecule has 3 heterocycles. The molecular formula is C17H16N2O5. The highest BCUT2D eigenvalue weighted by molar-refractivity contribution is 6.02. The monoisotopic (exact) mass is 328 g/mol. The first-order valence-electron chi connectivity index (χ1n) is 7.70. The molecule has 7 heteroatoms. The van der Waals surface area contributed by atoms with Gasteiger partial charge in [-0.15, -0.1) is 0 Å². The minimum atomic E-state index is -1.01. The number of hydrogen-bond donors (Lipinski definition) is 2. The largest absolute Gasteiger partial charge is 0.481 e. The summed E-state index contributed by atoms with van der Waals surface area (Å²) >= 11 is 0. The lowest BCUT2D eigenvalue weighted by Gasteiger charge is -2.21. The van der Waals surface area contributed by atoms with Crippen molar-refractivity contribution in [1.29, 1.82) is 0 Å². The molecule has 0 radical (unpaired) electrons. The zero-order chi connectivity index (χ0) is 17.1. The summed E-state index contributed by atoms with van der Waals surface area (Å²) in [6.07, 6.45) is 3.04. The van der Waals surface area contributed by atoms with Gasteiger partial charge < -0.3 is 20.1 Å². The Hall–Kier alpha value is -2.67. The molecule has 0 saturated carbocycles. The van der Waals surface area contributed by atoms with Gasteiger partial charge in [-0.3, -0.25) is 14.4 Å². The summed E-state index contributed by atoms with van der Waals surface area (Å²) in [7, 11) is 0. The Bertz CT molecular complexity index is 772. The van der Waals surface area contributed by atoms with Crippen molar-refractivity contribution in [3.63, 3.8) is 0 Å². The summed E-state index contributed by atoms with van der Waals surface area (Å²) < 4.78 is 5.84. The molecule has 4 rings (SSSR count). The number of carbonyl (C=O) groups excluding carboxylic acids is 2. The van der Waals surface area contributed by atoms with Crippen LogP contribution in [-0.4, -0.2) is 41.1 Å². The number of aliphatic carboxylic acids is 1.